The molecule has 0 bridgehead atoms. The maximum atomic E-state index is 12.4. The van der Waals surface area contributed by atoms with Gasteiger partial charge < -0.3 is 20.4 Å². The Morgan fingerprint density at radius 2 is 1.96 bits per heavy atom. The van der Waals surface area contributed by atoms with Gasteiger partial charge in [0.25, 0.3) is 5.91 Å². The van der Waals surface area contributed by atoms with Gasteiger partial charge in [-0.1, -0.05) is 30.3 Å². The number of carbonyl (C=O) groups excluding carboxylic acids is 1. The summed E-state index contributed by atoms with van der Waals surface area (Å²) in [6.45, 7) is 2.78. The van der Waals surface area contributed by atoms with Crippen molar-refractivity contribution in [1.29, 1.82) is 0 Å². The normalized spacial score (nSPS) is 15.9. The Morgan fingerprint density at radius 3 is 2.68 bits per heavy atom. The standard InChI is InChI=1S/C23H27N3O2/c1-15(23(27)26-17-9-10-17)24-13-20(16-7-11-18(28-2)12-8-16)21-14-25-22-6-4-3-5-19(21)22/h3-8,11-12,14-15,17,20,24-25H,9-10,13H2,1-2H3,(H,26,27)/p+1/t15-,20-/m0/s1. The number of hydrogen-bond acceptors (Lipinski definition) is 2. The highest BCUT2D eigenvalue weighted by Gasteiger charge is 2.28. The van der Waals surface area contributed by atoms with E-state index in [2.05, 4.69) is 52.1 Å². The van der Waals surface area contributed by atoms with E-state index in [0.29, 0.717) is 6.04 Å². The molecule has 0 aliphatic heterocycles. The van der Waals surface area contributed by atoms with Crippen LogP contribution in [0.25, 0.3) is 10.9 Å². The number of benzene rings is 2. The first-order chi connectivity index (χ1) is 13.7. The summed E-state index contributed by atoms with van der Waals surface area (Å²) in [5, 5.41) is 6.48. The molecule has 1 aliphatic carbocycles. The van der Waals surface area contributed by atoms with E-state index >= 15 is 0 Å². The third-order valence-electron chi connectivity index (χ3n) is 5.58. The van der Waals surface area contributed by atoms with Crippen LogP contribution in [0.3, 0.4) is 0 Å². The summed E-state index contributed by atoms with van der Waals surface area (Å²) in [6, 6.07) is 16.9. The molecule has 4 N–H and O–H groups in total. The molecule has 1 saturated carbocycles. The van der Waals surface area contributed by atoms with E-state index in [1.807, 2.05) is 25.1 Å². The van der Waals surface area contributed by atoms with Crippen LogP contribution in [-0.4, -0.2) is 36.6 Å². The molecule has 3 aromatic rings. The fourth-order valence-electron chi connectivity index (χ4n) is 3.67. The number of hydrogen-bond donors (Lipinski definition) is 3. The Labute approximate surface area is 165 Å². The first kappa shape index (κ1) is 18.6. The van der Waals surface area contributed by atoms with Crippen LogP contribution >= 0.6 is 0 Å². The molecule has 4 rings (SSSR count). The number of H-pyrrole nitrogens is 1. The molecule has 0 unspecified atom stereocenters. The van der Waals surface area contributed by atoms with Crippen LogP contribution in [0.5, 0.6) is 5.75 Å². The average Bonchev–Trinajstić information content (AvgIpc) is 3.45. The molecule has 1 aromatic heterocycles. The number of para-hydroxylation sites is 1. The molecule has 146 valence electrons. The van der Waals surface area contributed by atoms with Crippen molar-refractivity contribution in [3.8, 4) is 5.75 Å². The number of ether oxygens (including phenoxy) is 1. The van der Waals surface area contributed by atoms with Crippen molar-refractivity contribution in [2.75, 3.05) is 13.7 Å². The second kappa shape index (κ2) is 8.07. The second-order valence-electron chi connectivity index (χ2n) is 7.66. The first-order valence-corrected chi connectivity index (χ1v) is 9.99. The zero-order valence-corrected chi connectivity index (χ0v) is 16.4. The van der Waals surface area contributed by atoms with Crippen LogP contribution in [0.1, 0.15) is 36.8 Å². The van der Waals surface area contributed by atoms with Crippen molar-refractivity contribution in [3.63, 3.8) is 0 Å². The van der Waals surface area contributed by atoms with E-state index in [1.165, 1.54) is 16.5 Å². The fourth-order valence-corrected chi connectivity index (χ4v) is 3.67. The molecule has 5 nitrogen and oxygen atoms in total. The molecule has 2 atom stereocenters. The maximum absolute atomic E-state index is 12.4. The summed E-state index contributed by atoms with van der Waals surface area (Å²) in [6.07, 6.45) is 4.33. The van der Waals surface area contributed by atoms with Crippen molar-refractivity contribution in [2.24, 2.45) is 0 Å². The lowest BCUT2D eigenvalue weighted by Crippen LogP contribution is -2.92. The van der Waals surface area contributed by atoms with E-state index in [-0.39, 0.29) is 17.9 Å². The number of methoxy groups -OCH3 is 1. The molecule has 1 heterocycles. The molecule has 28 heavy (non-hydrogen) atoms. The monoisotopic (exact) mass is 378 g/mol. The van der Waals surface area contributed by atoms with Crippen LogP contribution in [0.4, 0.5) is 0 Å². The highest BCUT2D eigenvalue weighted by molar-refractivity contribution is 5.84. The lowest BCUT2D eigenvalue weighted by Gasteiger charge is -2.19. The Morgan fingerprint density at radius 1 is 1.21 bits per heavy atom. The van der Waals surface area contributed by atoms with Crippen molar-refractivity contribution in [3.05, 3.63) is 65.9 Å². The Kier molecular flexibility index (Phi) is 5.35. The molecule has 5 heteroatoms. The van der Waals surface area contributed by atoms with Gasteiger partial charge in [-0.05, 0) is 49.1 Å². The molecular formula is C23H28N3O2+. The van der Waals surface area contributed by atoms with E-state index in [0.717, 1.165) is 30.7 Å². The topological polar surface area (TPSA) is 70.7 Å². The Balaban J connectivity index is 1.58. The van der Waals surface area contributed by atoms with Crippen molar-refractivity contribution in [1.82, 2.24) is 10.3 Å². The summed E-state index contributed by atoms with van der Waals surface area (Å²) in [7, 11) is 1.68. The Hall–Kier alpha value is -2.79. The third-order valence-corrected chi connectivity index (χ3v) is 5.58. The van der Waals surface area contributed by atoms with Crippen LogP contribution < -0.4 is 15.4 Å². The second-order valence-corrected chi connectivity index (χ2v) is 7.66. The number of nitrogens with two attached hydrogens (primary N) is 1. The number of carbonyl (C=O) groups is 1. The minimum atomic E-state index is -0.105. The number of quaternary nitrogens is 1. The van der Waals surface area contributed by atoms with Gasteiger partial charge in [0, 0.05) is 23.1 Å². The van der Waals surface area contributed by atoms with Gasteiger partial charge in [-0.3, -0.25) is 4.79 Å². The van der Waals surface area contributed by atoms with Gasteiger partial charge >= 0.3 is 0 Å². The van der Waals surface area contributed by atoms with Crippen molar-refractivity contribution < 1.29 is 14.8 Å². The van der Waals surface area contributed by atoms with Gasteiger partial charge in [0.1, 0.15) is 5.75 Å². The number of fused-ring (bicyclic) bond motifs is 1. The minimum absolute atomic E-state index is 0.105. The molecule has 2 aromatic carbocycles. The van der Waals surface area contributed by atoms with Gasteiger partial charge in [0.05, 0.1) is 19.6 Å². The van der Waals surface area contributed by atoms with Gasteiger partial charge in [-0.25, -0.2) is 0 Å². The zero-order chi connectivity index (χ0) is 19.5. The summed E-state index contributed by atoms with van der Waals surface area (Å²) < 4.78 is 5.32. The molecule has 0 spiro atoms. The van der Waals surface area contributed by atoms with Gasteiger partial charge in [0.2, 0.25) is 0 Å². The quantitative estimate of drug-likeness (QED) is 0.564. The lowest BCUT2D eigenvalue weighted by atomic mass is 9.90. The number of nitrogens with one attached hydrogen (secondary N) is 2. The fraction of sp³-hybridized carbons (Fsp3) is 0.348. The summed E-state index contributed by atoms with van der Waals surface area (Å²) in [5.74, 6) is 1.16. The highest BCUT2D eigenvalue weighted by atomic mass is 16.5. The first-order valence-electron chi connectivity index (χ1n) is 9.99. The number of amides is 1. The number of aromatic nitrogens is 1. The van der Waals surface area contributed by atoms with Crippen LogP contribution in [0.15, 0.2) is 54.7 Å². The van der Waals surface area contributed by atoms with Crippen molar-refractivity contribution in [2.45, 2.75) is 37.8 Å². The van der Waals surface area contributed by atoms with Crippen LogP contribution in [-0.2, 0) is 4.79 Å². The molecule has 1 aliphatic rings. The van der Waals surface area contributed by atoms with E-state index < -0.39 is 0 Å². The average molecular weight is 378 g/mol. The Bertz CT molecular complexity index is 944. The van der Waals surface area contributed by atoms with Crippen LogP contribution in [0.2, 0.25) is 0 Å². The van der Waals surface area contributed by atoms with Crippen LogP contribution in [0, 0.1) is 0 Å². The predicted molar refractivity (Wildman–Crippen MR) is 111 cm³/mol. The van der Waals surface area contributed by atoms with E-state index in [9.17, 15) is 4.79 Å². The van der Waals surface area contributed by atoms with Crippen molar-refractivity contribution >= 4 is 16.8 Å². The van der Waals surface area contributed by atoms with E-state index in [1.54, 1.807) is 7.11 Å². The van der Waals surface area contributed by atoms with Gasteiger partial charge in [0.15, 0.2) is 6.04 Å². The summed E-state index contributed by atoms with van der Waals surface area (Å²) >= 11 is 0. The predicted octanol–water partition coefficient (Wildman–Crippen LogP) is 2.54. The minimum Gasteiger partial charge on any atom is -0.497 e. The van der Waals surface area contributed by atoms with Gasteiger partial charge in [-0.2, -0.15) is 0 Å². The maximum Gasteiger partial charge on any atom is 0.278 e. The lowest BCUT2D eigenvalue weighted by molar-refractivity contribution is -0.674. The molecule has 1 fully saturated rings. The molecule has 0 radical (unpaired) electrons. The largest absolute Gasteiger partial charge is 0.497 e. The molecule has 1 amide bonds. The zero-order valence-electron chi connectivity index (χ0n) is 16.4. The smallest absolute Gasteiger partial charge is 0.278 e. The molecular weight excluding hydrogens is 350 g/mol. The number of rotatable bonds is 8. The third kappa shape index (κ3) is 4.04. The van der Waals surface area contributed by atoms with Gasteiger partial charge in [-0.15, -0.1) is 0 Å². The highest BCUT2D eigenvalue weighted by Crippen LogP contribution is 2.30. The molecule has 0 saturated heterocycles. The number of aromatic amines is 1. The van der Waals surface area contributed by atoms with E-state index in [4.69, 9.17) is 4.74 Å². The summed E-state index contributed by atoms with van der Waals surface area (Å²) in [4.78, 5) is 15.7. The summed E-state index contributed by atoms with van der Waals surface area (Å²) in [5.41, 5.74) is 3.61. The SMILES string of the molecule is COc1ccc([C@H](C[NH2+][C@@H](C)C(=O)NC2CC2)c2c[nH]c3ccccc23)cc1.